The molecule has 0 saturated heterocycles. The Morgan fingerprint density at radius 3 is 2.77 bits per heavy atom. The molecule has 6 heteroatoms. The number of benzene rings is 2. The van der Waals surface area contributed by atoms with Crippen LogP contribution >= 0.6 is 27.5 Å². The van der Waals surface area contributed by atoms with Gasteiger partial charge in [-0.1, -0.05) is 45.7 Å². The Morgan fingerprint density at radius 1 is 1.18 bits per heavy atom. The third-order valence-electron chi connectivity index (χ3n) is 2.78. The fourth-order valence-electron chi connectivity index (χ4n) is 1.76. The molecule has 0 heterocycles. The largest absolute Gasteiger partial charge is 0.492 e. The second kappa shape index (κ2) is 8.66. The van der Waals surface area contributed by atoms with E-state index in [-0.39, 0.29) is 6.03 Å². The van der Waals surface area contributed by atoms with E-state index >= 15 is 0 Å². The lowest BCUT2D eigenvalue weighted by Crippen LogP contribution is -2.30. The SMILES string of the molecule is O=C(NCCCOc1ccccc1Cl)Nc1cccc(Br)c1. The first-order valence-electron chi connectivity index (χ1n) is 6.83. The zero-order valence-corrected chi connectivity index (χ0v) is 14.2. The molecule has 0 unspecified atom stereocenters. The van der Waals surface area contributed by atoms with E-state index in [1.165, 1.54) is 0 Å². The molecular weight excluding hydrogens is 368 g/mol. The Kier molecular flexibility index (Phi) is 6.55. The normalized spacial score (nSPS) is 10.1. The molecule has 22 heavy (non-hydrogen) atoms. The van der Waals surface area contributed by atoms with E-state index in [0.717, 1.165) is 10.2 Å². The molecule has 0 atom stereocenters. The molecule has 2 rings (SSSR count). The van der Waals surface area contributed by atoms with Gasteiger partial charge in [0.2, 0.25) is 0 Å². The quantitative estimate of drug-likeness (QED) is 0.711. The minimum atomic E-state index is -0.240. The van der Waals surface area contributed by atoms with Crippen molar-refractivity contribution in [2.75, 3.05) is 18.5 Å². The molecule has 0 spiro atoms. The van der Waals surface area contributed by atoms with E-state index in [0.29, 0.717) is 30.3 Å². The van der Waals surface area contributed by atoms with Gasteiger partial charge in [-0.15, -0.1) is 0 Å². The Bertz CT molecular complexity index is 637. The Morgan fingerprint density at radius 2 is 2.00 bits per heavy atom. The van der Waals surface area contributed by atoms with Gasteiger partial charge < -0.3 is 15.4 Å². The average Bonchev–Trinajstić information content (AvgIpc) is 2.48. The minimum Gasteiger partial charge on any atom is -0.492 e. The maximum Gasteiger partial charge on any atom is 0.319 e. The summed E-state index contributed by atoms with van der Waals surface area (Å²) >= 11 is 9.34. The van der Waals surface area contributed by atoms with Crippen molar-refractivity contribution in [1.29, 1.82) is 0 Å². The van der Waals surface area contributed by atoms with Gasteiger partial charge in [0, 0.05) is 16.7 Å². The molecule has 0 radical (unpaired) electrons. The first-order valence-corrected chi connectivity index (χ1v) is 8.00. The van der Waals surface area contributed by atoms with Crippen molar-refractivity contribution >= 4 is 39.2 Å². The highest BCUT2D eigenvalue weighted by molar-refractivity contribution is 9.10. The van der Waals surface area contributed by atoms with E-state index in [2.05, 4.69) is 26.6 Å². The second-order valence-electron chi connectivity index (χ2n) is 4.52. The smallest absolute Gasteiger partial charge is 0.319 e. The topological polar surface area (TPSA) is 50.4 Å². The van der Waals surface area contributed by atoms with Crippen LogP contribution < -0.4 is 15.4 Å². The fourth-order valence-corrected chi connectivity index (χ4v) is 2.35. The molecular formula is C16H16BrClN2O2. The van der Waals surface area contributed by atoms with Crippen LogP contribution in [0, 0.1) is 0 Å². The fraction of sp³-hybridized carbons (Fsp3) is 0.188. The minimum absolute atomic E-state index is 0.240. The first kappa shape index (κ1) is 16.6. The summed E-state index contributed by atoms with van der Waals surface area (Å²) in [6, 6.07) is 14.5. The van der Waals surface area contributed by atoms with E-state index in [9.17, 15) is 4.79 Å². The molecule has 0 aliphatic rings. The van der Waals surface area contributed by atoms with Crippen molar-refractivity contribution in [3.05, 3.63) is 58.0 Å². The van der Waals surface area contributed by atoms with Gasteiger partial charge in [0.1, 0.15) is 5.75 Å². The second-order valence-corrected chi connectivity index (χ2v) is 5.85. The van der Waals surface area contributed by atoms with Crippen LogP contribution in [0.25, 0.3) is 0 Å². The number of rotatable bonds is 6. The molecule has 0 bridgehead atoms. The molecule has 0 saturated carbocycles. The van der Waals surface area contributed by atoms with Gasteiger partial charge >= 0.3 is 6.03 Å². The Hall–Kier alpha value is -1.72. The third-order valence-corrected chi connectivity index (χ3v) is 3.59. The summed E-state index contributed by atoms with van der Waals surface area (Å²) in [7, 11) is 0. The average molecular weight is 384 g/mol. The van der Waals surface area contributed by atoms with Crippen LogP contribution in [-0.4, -0.2) is 19.2 Å². The van der Waals surface area contributed by atoms with E-state index in [4.69, 9.17) is 16.3 Å². The summed E-state index contributed by atoms with van der Waals surface area (Å²) in [5.74, 6) is 0.655. The lowest BCUT2D eigenvalue weighted by atomic mass is 10.3. The summed E-state index contributed by atoms with van der Waals surface area (Å²) in [5, 5.41) is 6.12. The van der Waals surface area contributed by atoms with Gasteiger partial charge in [-0.2, -0.15) is 0 Å². The van der Waals surface area contributed by atoms with Gasteiger partial charge in [0.25, 0.3) is 0 Å². The van der Waals surface area contributed by atoms with Gasteiger partial charge in [0.15, 0.2) is 0 Å². The number of carbonyl (C=O) groups is 1. The van der Waals surface area contributed by atoms with Crippen LogP contribution in [0.3, 0.4) is 0 Å². The van der Waals surface area contributed by atoms with Gasteiger partial charge in [-0.25, -0.2) is 4.79 Å². The summed E-state index contributed by atoms with van der Waals surface area (Å²) in [6.07, 6.45) is 0.692. The van der Waals surface area contributed by atoms with Crippen LogP contribution in [0.5, 0.6) is 5.75 Å². The monoisotopic (exact) mass is 382 g/mol. The number of hydrogen-bond donors (Lipinski definition) is 2. The van der Waals surface area contributed by atoms with Crippen LogP contribution in [-0.2, 0) is 0 Å². The number of anilines is 1. The van der Waals surface area contributed by atoms with Crippen LogP contribution in [0.2, 0.25) is 5.02 Å². The number of carbonyl (C=O) groups excluding carboxylic acids is 1. The van der Waals surface area contributed by atoms with Crippen molar-refractivity contribution in [2.45, 2.75) is 6.42 Å². The number of para-hydroxylation sites is 1. The van der Waals surface area contributed by atoms with Crippen molar-refractivity contribution in [2.24, 2.45) is 0 Å². The van der Waals surface area contributed by atoms with Crippen molar-refractivity contribution in [1.82, 2.24) is 5.32 Å². The van der Waals surface area contributed by atoms with Gasteiger partial charge in [-0.05, 0) is 36.8 Å². The van der Waals surface area contributed by atoms with E-state index in [1.54, 1.807) is 6.07 Å². The highest BCUT2D eigenvalue weighted by Gasteiger charge is 2.02. The van der Waals surface area contributed by atoms with Crippen molar-refractivity contribution < 1.29 is 9.53 Å². The first-order chi connectivity index (χ1) is 10.6. The highest BCUT2D eigenvalue weighted by atomic mass is 79.9. The van der Waals surface area contributed by atoms with Crippen LogP contribution in [0.1, 0.15) is 6.42 Å². The van der Waals surface area contributed by atoms with Gasteiger partial charge in [-0.3, -0.25) is 0 Å². The molecule has 2 aromatic rings. The number of halogens is 2. The standard InChI is InChI=1S/C16H16BrClN2O2/c17-12-5-3-6-13(11-12)20-16(21)19-9-4-10-22-15-8-2-1-7-14(15)18/h1-3,5-8,11H,4,9-10H2,(H2,19,20,21). The highest BCUT2D eigenvalue weighted by Crippen LogP contribution is 2.23. The molecule has 2 amide bonds. The number of urea groups is 1. The number of ether oxygens (including phenoxy) is 1. The summed E-state index contributed by atoms with van der Waals surface area (Å²) in [4.78, 5) is 11.7. The maximum absolute atomic E-state index is 11.7. The zero-order chi connectivity index (χ0) is 15.8. The molecule has 2 N–H and O–H groups in total. The molecule has 0 aliphatic heterocycles. The maximum atomic E-state index is 11.7. The van der Waals surface area contributed by atoms with Crippen molar-refractivity contribution in [3.8, 4) is 5.75 Å². The van der Waals surface area contributed by atoms with Crippen LogP contribution in [0.15, 0.2) is 53.0 Å². The summed E-state index contributed by atoms with van der Waals surface area (Å²) < 4.78 is 6.46. The van der Waals surface area contributed by atoms with Crippen molar-refractivity contribution in [3.63, 3.8) is 0 Å². The molecule has 116 valence electrons. The predicted octanol–water partition coefficient (Wildman–Crippen LogP) is 4.69. The summed E-state index contributed by atoms with van der Waals surface area (Å²) in [5.41, 5.74) is 0.735. The molecule has 4 nitrogen and oxygen atoms in total. The number of hydrogen-bond acceptors (Lipinski definition) is 2. The summed E-state index contributed by atoms with van der Waals surface area (Å²) in [6.45, 7) is 1.01. The number of nitrogens with one attached hydrogen (secondary N) is 2. The zero-order valence-electron chi connectivity index (χ0n) is 11.8. The molecule has 2 aromatic carbocycles. The Balaban J connectivity index is 1.64. The molecule has 0 aromatic heterocycles. The lowest BCUT2D eigenvalue weighted by Gasteiger charge is -2.09. The van der Waals surface area contributed by atoms with Gasteiger partial charge in [0.05, 0.1) is 11.6 Å². The lowest BCUT2D eigenvalue weighted by molar-refractivity contribution is 0.250. The van der Waals surface area contributed by atoms with E-state index < -0.39 is 0 Å². The van der Waals surface area contributed by atoms with Crippen LogP contribution in [0.4, 0.5) is 10.5 Å². The molecule has 0 aliphatic carbocycles. The third kappa shape index (κ3) is 5.58. The molecule has 0 fully saturated rings. The Labute approximate surface area is 142 Å². The predicted molar refractivity (Wildman–Crippen MR) is 92.7 cm³/mol. The number of amides is 2. The van der Waals surface area contributed by atoms with E-state index in [1.807, 2.05) is 42.5 Å².